The zero-order chi connectivity index (χ0) is 7.98. The van der Waals surface area contributed by atoms with Crippen molar-refractivity contribution in [3.8, 4) is 0 Å². The highest BCUT2D eigenvalue weighted by molar-refractivity contribution is 5.30. The van der Waals surface area contributed by atoms with Crippen molar-refractivity contribution < 1.29 is 0 Å². The number of hydrogen-bond acceptors (Lipinski definition) is 3. The summed E-state index contributed by atoms with van der Waals surface area (Å²) in [5.41, 5.74) is 0. The Kier molecular flexibility index (Phi) is 4.20. The van der Waals surface area contributed by atoms with Crippen LogP contribution in [0.5, 0.6) is 0 Å². The van der Waals surface area contributed by atoms with Crippen LogP contribution in [-0.2, 0) is 0 Å². The molecule has 0 heterocycles. The molecule has 0 radical (unpaired) electrons. The molecule has 0 aliphatic rings. The molecule has 0 spiro atoms. The van der Waals surface area contributed by atoms with Crippen LogP contribution in [0.1, 0.15) is 13.8 Å². The van der Waals surface area contributed by atoms with E-state index in [4.69, 9.17) is 0 Å². The average molecular weight is 139 g/mol. The third kappa shape index (κ3) is 3.83. The molecule has 0 aliphatic carbocycles. The van der Waals surface area contributed by atoms with E-state index in [1.807, 2.05) is 13.8 Å². The predicted molar refractivity (Wildman–Crippen MR) is 45.5 cm³/mol. The van der Waals surface area contributed by atoms with Gasteiger partial charge in [-0.3, -0.25) is 4.99 Å². The highest BCUT2D eigenvalue weighted by Crippen LogP contribution is 1.91. The fourth-order valence-electron chi connectivity index (χ4n) is 0.506. The second kappa shape index (κ2) is 4.73. The number of hydrogen-bond donors (Lipinski definition) is 1. The van der Waals surface area contributed by atoms with Crippen LogP contribution in [0.15, 0.2) is 22.0 Å². The molecule has 0 amide bonds. The summed E-state index contributed by atoms with van der Waals surface area (Å²) in [6.07, 6.45) is 1.53. The van der Waals surface area contributed by atoms with Crippen LogP contribution < -0.4 is 5.32 Å². The van der Waals surface area contributed by atoms with E-state index < -0.39 is 0 Å². The molecule has 0 atom stereocenters. The Morgan fingerprint density at radius 3 is 2.40 bits per heavy atom. The molecule has 0 aromatic rings. The van der Waals surface area contributed by atoms with Crippen molar-refractivity contribution >= 4 is 13.4 Å². The van der Waals surface area contributed by atoms with Crippen molar-refractivity contribution in [3.05, 3.63) is 12.0 Å². The lowest BCUT2D eigenvalue weighted by Crippen LogP contribution is -2.20. The zero-order valence-corrected chi connectivity index (χ0v) is 6.46. The zero-order valence-electron chi connectivity index (χ0n) is 6.46. The minimum absolute atomic E-state index is 0.346. The molecular formula is C7H13N3. The van der Waals surface area contributed by atoms with E-state index in [0.29, 0.717) is 11.9 Å². The number of rotatable bonds is 4. The van der Waals surface area contributed by atoms with Gasteiger partial charge >= 0.3 is 0 Å². The SMILES string of the molecule is C=N/C=C(\N=C)NC(C)C. The van der Waals surface area contributed by atoms with Crippen LogP contribution >= 0.6 is 0 Å². The van der Waals surface area contributed by atoms with Crippen molar-refractivity contribution in [1.29, 1.82) is 0 Å². The number of nitrogens with one attached hydrogen (secondary N) is 1. The largest absolute Gasteiger partial charge is 0.367 e. The molecule has 10 heavy (non-hydrogen) atoms. The first kappa shape index (κ1) is 8.88. The Balaban J connectivity index is 3.95. The van der Waals surface area contributed by atoms with Gasteiger partial charge in [0.25, 0.3) is 0 Å². The van der Waals surface area contributed by atoms with Crippen LogP contribution in [0.4, 0.5) is 0 Å². The second-order valence-corrected chi connectivity index (χ2v) is 2.15. The third-order valence-corrected chi connectivity index (χ3v) is 0.820. The molecule has 0 unspecified atom stereocenters. The van der Waals surface area contributed by atoms with Gasteiger partial charge in [-0.25, -0.2) is 4.99 Å². The van der Waals surface area contributed by atoms with E-state index in [2.05, 4.69) is 28.7 Å². The summed E-state index contributed by atoms with van der Waals surface area (Å²) < 4.78 is 0. The minimum atomic E-state index is 0.346. The van der Waals surface area contributed by atoms with E-state index in [1.54, 1.807) is 0 Å². The first-order valence-corrected chi connectivity index (χ1v) is 3.10. The Hall–Kier alpha value is -1.12. The van der Waals surface area contributed by atoms with Crippen molar-refractivity contribution in [1.82, 2.24) is 5.32 Å². The van der Waals surface area contributed by atoms with Gasteiger partial charge in [0.1, 0.15) is 5.82 Å². The molecule has 56 valence electrons. The van der Waals surface area contributed by atoms with Gasteiger partial charge in [-0.05, 0) is 27.3 Å². The molecule has 0 fully saturated rings. The normalized spacial score (nSPS) is 11.3. The maximum Gasteiger partial charge on any atom is 0.143 e. The molecule has 0 aromatic carbocycles. The fraction of sp³-hybridized carbons (Fsp3) is 0.429. The monoisotopic (exact) mass is 139 g/mol. The lowest BCUT2D eigenvalue weighted by atomic mass is 10.4. The predicted octanol–water partition coefficient (Wildman–Crippen LogP) is 1.18. The van der Waals surface area contributed by atoms with E-state index in [0.717, 1.165) is 0 Å². The Labute approximate surface area is 61.6 Å². The van der Waals surface area contributed by atoms with Gasteiger partial charge in [-0.15, -0.1) is 0 Å². The summed E-state index contributed by atoms with van der Waals surface area (Å²) in [6, 6.07) is 0.346. The summed E-state index contributed by atoms with van der Waals surface area (Å²) in [6.45, 7) is 10.7. The van der Waals surface area contributed by atoms with E-state index in [9.17, 15) is 0 Å². The lowest BCUT2D eigenvalue weighted by Gasteiger charge is -2.07. The first-order chi connectivity index (χ1) is 4.70. The van der Waals surface area contributed by atoms with Crippen LogP contribution in [-0.4, -0.2) is 19.5 Å². The summed E-state index contributed by atoms with van der Waals surface area (Å²) in [5.74, 6) is 0.657. The van der Waals surface area contributed by atoms with Crippen molar-refractivity contribution in [2.75, 3.05) is 0 Å². The quantitative estimate of drug-likeness (QED) is 0.583. The lowest BCUT2D eigenvalue weighted by molar-refractivity contribution is 0.663. The van der Waals surface area contributed by atoms with Gasteiger partial charge in [0.15, 0.2) is 0 Å². The van der Waals surface area contributed by atoms with Gasteiger partial charge in [-0.1, -0.05) is 0 Å². The minimum Gasteiger partial charge on any atom is -0.367 e. The van der Waals surface area contributed by atoms with Gasteiger partial charge in [0.05, 0.1) is 6.20 Å². The second-order valence-electron chi connectivity index (χ2n) is 2.15. The Morgan fingerprint density at radius 1 is 1.50 bits per heavy atom. The molecule has 1 N–H and O–H groups in total. The van der Waals surface area contributed by atoms with Crippen LogP contribution in [0.2, 0.25) is 0 Å². The Bertz CT molecular complexity index is 147. The standard InChI is InChI=1S/C7H13N3/c1-6(2)10-7(9-4)5-8-3/h5-6,10H,3-4H2,1-2H3/b7-5+. The topological polar surface area (TPSA) is 36.8 Å². The van der Waals surface area contributed by atoms with Gasteiger partial charge in [0.2, 0.25) is 0 Å². The van der Waals surface area contributed by atoms with Gasteiger partial charge in [-0.2, -0.15) is 0 Å². The molecule has 0 bridgehead atoms. The van der Waals surface area contributed by atoms with Crippen LogP contribution in [0.3, 0.4) is 0 Å². The van der Waals surface area contributed by atoms with Gasteiger partial charge < -0.3 is 5.32 Å². The molecule has 0 saturated carbocycles. The van der Waals surface area contributed by atoms with Crippen molar-refractivity contribution in [3.63, 3.8) is 0 Å². The van der Waals surface area contributed by atoms with Gasteiger partial charge in [0, 0.05) is 6.04 Å². The van der Waals surface area contributed by atoms with Crippen LogP contribution in [0, 0.1) is 0 Å². The maximum absolute atomic E-state index is 3.68. The van der Waals surface area contributed by atoms with E-state index >= 15 is 0 Å². The first-order valence-electron chi connectivity index (χ1n) is 3.10. The highest BCUT2D eigenvalue weighted by Gasteiger charge is 1.92. The molecular weight excluding hydrogens is 126 g/mol. The molecule has 0 aliphatic heterocycles. The third-order valence-electron chi connectivity index (χ3n) is 0.820. The summed E-state index contributed by atoms with van der Waals surface area (Å²) >= 11 is 0. The number of nitrogens with zero attached hydrogens (tertiary/aromatic N) is 2. The summed E-state index contributed by atoms with van der Waals surface area (Å²) in [5, 5.41) is 3.03. The summed E-state index contributed by atoms with van der Waals surface area (Å²) in [7, 11) is 0. The average Bonchev–Trinajstić information content (AvgIpc) is 1.86. The molecule has 0 saturated heterocycles. The van der Waals surface area contributed by atoms with Crippen molar-refractivity contribution in [2.24, 2.45) is 9.98 Å². The van der Waals surface area contributed by atoms with E-state index in [-0.39, 0.29) is 0 Å². The Morgan fingerprint density at radius 2 is 2.10 bits per heavy atom. The van der Waals surface area contributed by atoms with E-state index in [1.165, 1.54) is 6.20 Å². The highest BCUT2D eigenvalue weighted by atomic mass is 15.0. The van der Waals surface area contributed by atoms with Crippen LogP contribution in [0.25, 0.3) is 0 Å². The molecule has 3 heteroatoms. The van der Waals surface area contributed by atoms with Crippen molar-refractivity contribution in [2.45, 2.75) is 19.9 Å². The molecule has 0 aromatic heterocycles. The fourth-order valence-corrected chi connectivity index (χ4v) is 0.506. The maximum atomic E-state index is 3.68. The summed E-state index contributed by atoms with van der Waals surface area (Å²) in [4.78, 5) is 7.24. The number of aliphatic imine (C=N–C) groups is 2. The molecule has 3 nitrogen and oxygen atoms in total. The smallest absolute Gasteiger partial charge is 0.143 e. The molecule has 0 rings (SSSR count).